The Morgan fingerprint density at radius 1 is 0.921 bits per heavy atom. The number of carbonyl (C=O) groups excluding carboxylic acids is 2. The largest absolute Gasteiger partial charge is 0.405 e. The summed E-state index contributed by atoms with van der Waals surface area (Å²) in [5.74, 6) is -3.75. The van der Waals surface area contributed by atoms with Crippen molar-refractivity contribution in [1.82, 2.24) is 10.6 Å². The molecule has 208 valence electrons. The number of hydrogen-bond donors (Lipinski definition) is 2. The molecule has 2 rings (SSSR count). The van der Waals surface area contributed by atoms with Gasteiger partial charge in [-0.25, -0.2) is 0 Å². The van der Waals surface area contributed by atoms with E-state index in [1.165, 1.54) is 32.0 Å². The highest BCUT2D eigenvalue weighted by Gasteiger charge is 2.39. The van der Waals surface area contributed by atoms with E-state index in [0.29, 0.717) is 0 Å². The van der Waals surface area contributed by atoms with Crippen LogP contribution in [0.3, 0.4) is 0 Å². The smallest absolute Gasteiger partial charge is 0.347 e. The maximum atomic E-state index is 13.7. The fraction of sp³-hybridized carbons (Fsp3) is 0.333. The second-order valence-corrected chi connectivity index (χ2v) is 10.4. The molecule has 0 heterocycles. The van der Waals surface area contributed by atoms with Crippen molar-refractivity contribution in [2.24, 2.45) is 0 Å². The van der Waals surface area contributed by atoms with Crippen molar-refractivity contribution in [3.63, 3.8) is 0 Å². The molecule has 0 saturated heterocycles. The molecule has 0 radical (unpaired) electrons. The first-order valence-electron chi connectivity index (χ1n) is 10.6. The average Bonchev–Trinajstić information content (AvgIpc) is 2.74. The Morgan fingerprint density at radius 3 is 2.00 bits per heavy atom. The fourth-order valence-electron chi connectivity index (χ4n) is 3.27. The molecule has 0 fully saturated rings. The Morgan fingerprint density at radius 2 is 1.50 bits per heavy atom. The van der Waals surface area contributed by atoms with E-state index < -0.39 is 48.6 Å². The van der Waals surface area contributed by atoms with Crippen LogP contribution in [0.4, 0.5) is 26.3 Å². The van der Waals surface area contributed by atoms with Gasteiger partial charge < -0.3 is 10.6 Å². The minimum Gasteiger partial charge on any atom is -0.347 e. The van der Waals surface area contributed by atoms with E-state index in [1.807, 2.05) is 0 Å². The Bertz CT molecular complexity index is 1210. The predicted molar refractivity (Wildman–Crippen MR) is 136 cm³/mol. The van der Waals surface area contributed by atoms with Crippen molar-refractivity contribution >= 4 is 64.3 Å². The van der Waals surface area contributed by atoms with Crippen LogP contribution >= 0.6 is 46.4 Å². The molecule has 0 aliphatic carbocycles. The molecule has 0 spiro atoms. The third-order valence-corrected chi connectivity index (χ3v) is 6.49. The van der Waals surface area contributed by atoms with Gasteiger partial charge >= 0.3 is 12.4 Å². The summed E-state index contributed by atoms with van der Waals surface area (Å²) in [6.45, 7) is 1.34. The molecule has 2 amide bonds. The zero-order valence-corrected chi connectivity index (χ0v) is 22.7. The van der Waals surface area contributed by atoms with Gasteiger partial charge in [0, 0.05) is 12.0 Å². The number of nitrogens with one attached hydrogen (secondary N) is 2. The molecule has 1 atom stereocenters. The molecule has 2 aromatic carbocycles. The Hall–Kier alpha value is -2.14. The van der Waals surface area contributed by atoms with Gasteiger partial charge in [0.1, 0.15) is 6.54 Å². The molecule has 2 aromatic rings. The first kappa shape index (κ1) is 32.1. The fourth-order valence-corrected chi connectivity index (χ4v) is 4.16. The zero-order valence-electron chi connectivity index (χ0n) is 19.6. The third kappa shape index (κ3) is 9.55. The lowest BCUT2D eigenvalue weighted by Crippen LogP contribution is -2.47. The van der Waals surface area contributed by atoms with Gasteiger partial charge in [-0.05, 0) is 49.2 Å². The van der Waals surface area contributed by atoms with Gasteiger partial charge in [0.05, 0.1) is 31.6 Å². The number of hydrogen-bond acceptors (Lipinski definition) is 2. The van der Waals surface area contributed by atoms with Crippen molar-refractivity contribution in [3.8, 4) is 0 Å². The number of allylic oxidation sites excluding steroid dienone is 1. The summed E-state index contributed by atoms with van der Waals surface area (Å²) in [6.07, 6.45) is -7.72. The highest BCUT2D eigenvalue weighted by molar-refractivity contribution is 6.48. The molecule has 0 aliphatic rings. The normalized spacial score (nSPS) is 13.5. The van der Waals surface area contributed by atoms with Crippen molar-refractivity contribution in [2.45, 2.75) is 44.1 Å². The predicted octanol–water partition coefficient (Wildman–Crippen LogP) is 8.24. The van der Waals surface area contributed by atoms with Crippen molar-refractivity contribution in [2.75, 3.05) is 6.54 Å². The summed E-state index contributed by atoms with van der Waals surface area (Å²) in [5, 5.41) is 3.74. The molecule has 38 heavy (non-hydrogen) atoms. The molecule has 0 bridgehead atoms. The Labute approximate surface area is 234 Å². The number of alkyl halides is 6. The van der Waals surface area contributed by atoms with Gasteiger partial charge in [0.15, 0.2) is 0 Å². The first-order valence-corrected chi connectivity index (χ1v) is 12.1. The van der Waals surface area contributed by atoms with Crippen molar-refractivity contribution in [1.29, 1.82) is 0 Å². The quantitative estimate of drug-likeness (QED) is 0.230. The van der Waals surface area contributed by atoms with Crippen LogP contribution in [-0.4, -0.2) is 36.3 Å². The Kier molecular flexibility index (Phi) is 10.4. The minimum atomic E-state index is -4.70. The monoisotopic (exact) mass is 622 g/mol. The molecule has 0 aliphatic heterocycles. The molecule has 0 aromatic heterocycles. The van der Waals surface area contributed by atoms with E-state index in [1.54, 1.807) is 5.32 Å². The SMILES string of the molecule is CC(C)(CC(=O)NCC(F)(F)F)NC(=O)c1ccc(/C=C/C(c2cc(Cl)c(Cl)c(Cl)c2)C(F)(F)F)cc1Cl. The molecular weight excluding hydrogens is 604 g/mol. The molecule has 1 unspecified atom stereocenters. The molecule has 0 saturated carbocycles. The van der Waals surface area contributed by atoms with Crippen LogP contribution in [0.15, 0.2) is 36.4 Å². The summed E-state index contributed by atoms with van der Waals surface area (Å²) < 4.78 is 78.0. The number of rotatable bonds is 8. The topological polar surface area (TPSA) is 58.2 Å². The second kappa shape index (κ2) is 12.4. The standard InChI is InChI=1S/C24H20Cl4F6N2O2/c1-22(2,10-19(37)35-11-23(29,30)31)36-21(38)14-5-3-12(7-16(14)25)4-6-15(24(32,33)34)13-8-17(26)20(28)18(27)9-13/h3-9,15H,10-11H2,1-2H3,(H,35,37)(H,36,38)/b6-4+. The average molecular weight is 624 g/mol. The van der Waals surface area contributed by atoms with Crippen LogP contribution in [0.5, 0.6) is 0 Å². The number of carbonyl (C=O) groups is 2. The van der Waals surface area contributed by atoms with Crippen LogP contribution in [0, 0.1) is 0 Å². The number of benzene rings is 2. The Balaban J connectivity index is 2.18. The maximum absolute atomic E-state index is 13.7. The van der Waals surface area contributed by atoms with Crippen LogP contribution in [0.2, 0.25) is 20.1 Å². The van der Waals surface area contributed by atoms with E-state index in [9.17, 15) is 35.9 Å². The molecular formula is C24H20Cl4F6N2O2. The lowest BCUT2D eigenvalue weighted by Gasteiger charge is -2.26. The van der Waals surface area contributed by atoms with E-state index >= 15 is 0 Å². The highest BCUT2D eigenvalue weighted by atomic mass is 35.5. The number of amides is 2. The van der Waals surface area contributed by atoms with Gasteiger partial charge in [-0.3, -0.25) is 9.59 Å². The maximum Gasteiger partial charge on any atom is 0.405 e. The summed E-state index contributed by atoms with van der Waals surface area (Å²) in [5.41, 5.74) is -1.30. The van der Waals surface area contributed by atoms with E-state index in [2.05, 4.69) is 5.32 Å². The lowest BCUT2D eigenvalue weighted by atomic mass is 9.96. The van der Waals surface area contributed by atoms with Gasteiger partial charge in [0.25, 0.3) is 5.91 Å². The molecule has 4 nitrogen and oxygen atoms in total. The minimum absolute atomic E-state index is 0.0590. The number of halogens is 10. The van der Waals surface area contributed by atoms with E-state index in [4.69, 9.17) is 46.4 Å². The van der Waals surface area contributed by atoms with E-state index in [-0.39, 0.29) is 36.8 Å². The van der Waals surface area contributed by atoms with Gasteiger partial charge in [0.2, 0.25) is 5.91 Å². The van der Waals surface area contributed by atoms with Crippen LogP contribution in [-0.2, 0) is 4.79 Å². The van der Waals surface area contributed by atoms with Crippen LogP contribution < -0.4 is 10.6 Å². The van der Waals surface area contributed by atoms with Crippen LogP contribution in [0.25, 0.3) is 6.08 Å². The van der Waals surface area contributed by atoms with Gasteiger partial charge in [-0.15, -0.1) is 0 Å². The molecule has 14 heteroatoms. The summed E-state index contributed by atoms with van der Waals surface area (Å²) in [6, 6.07) is 5.98. The van der Waals surface area contributed by atoms with Crippen LogP contribution in [0.1, 0.15) is 47.7 Å². The highest BCUT2D eigenvalue weighted by Crippen LogP contribution is 2.41. The zero-order chi connectivity index (χ0) is 29.1. The third-order valence-electron chi connectivity index (χ3n) is 4.98. The van der Waals surface area contributed by atoms with Gasteiger partial charge in [-0.1, -0.05) is 64.6 Å². The van der Waals surface area contributed by atoms with Crippen molar-refractivity contribution < 1.29 is 35.9 Å². The van der Waals surface area contributed by atoms with Gasteiger partial charge in [-0.2, -0.15) is 26.3 Å². The summed E-state index contributed by atoms with van der Waals surface area (Å²) in [4.78, 5) is 24.4. The lowest BCUT2D eigenvalue weighted by molar-refractivity contribution is -0.139. The summed E-state index contributed by atoms with van der Waals surface area (Å²) >= 11 is 23.7. The first-order chi connectivity index (χ1) is 17.3. The van der Waals surface area contributed by atoms with Crippen molar-refractivity contribution in [3.05, 3.63) is 73.2 Å². The second-order valence-electron chi connectivity index (χ2n) is 8.82. The summed E-state index contributed by atoms with van der Waals surface area (Å²) in [7, 11) is 0. The molecule has 2 N–H and O–H groups in total. The van der Waals surface area contributed by atoms with E-state index in [0.717, 1.165) is 24.3 Å².